The molecule has 0 saturated heterocycles. The van der Waals surface area contributed by atoms with Gasteiger partial charge in [-0.05, 0) is 37.6 Å². The van der Waals surface area contributed by atoms with Crippen LogP contribution in [0.2, 0.25) is 0 Å². The number of nitrogens with one attached hydrogen (secondary N) is 1. The standard InChI is InChI=1S/C18H22N2O3S/c1-14(2)19-24(22,23)17-11-7-10-16(12-17)18(21)20(3)13-15-8-5-4-6-9-15/h4-12,14,19H,13H2,1-3H3. The van der Waals surface area contributed by atoms with E-state index in [2.05, 4.69) is 4.72 Å². The monoisotopic (exact) mass is 346 g/mol. The SMILES string of the molecule is CC(C)NS(=O)(=O)c1cccc(C(=O)N(C)Cc2ccccc2)c1. The lowest BCUT2D eigenvalue weighted by molar-refractivity contribution is 0.0785. The van der Waals surface area contributed by atoms with Crippen molar-refractivity contribution in [1.82, 2.24) is 9.62 Å². The summed E-state index contributed by atoms with van der Waals surface area (Å²) in [6, 6.07) is 15.5. The zero-order chi connectivity index (χ0) is 17.7. The Bertz CT molecular complexity index is 802. The van der Waals surface area contributed by atoms with E-state index in [1.54, 1.807) is 37.9 Å². The van der Waals surface area contributed by atoms with Crippen molar-refractivity contribution in [2.75, 3.05) is 7.05 Å². The Kier molecular flexibility index (Phi) is 5.75. The molecule has 1 amide bonds. The molecule has 2 aromatic carbocycles. The first-order valence-corrected chi connectivity index (χ1v) is 9.19. The van der Waals surface area contributed by atoms with Crippen molar-refractivity contribution in [2.45, 2.75) is 31.3 Å². The van der Waals surface area contributed by atoms with Crippen LogP contribution in [0.25, 0.3) is 0 Å². The maximum Gasteiger partial charge on any atom is 0.253 e. The number of sulfonamides is 1. The van der Waals surface area contributed by atoms with Crippen LogP contribution in [-0.2, 0) is 16.6 Å². The van der Waals surface area contributed by atoms with Gasteiger partial charge in [0.05, 0.1) is 4.90 Å². The normalized spacial score (nSPS) is 11.5. The molecule has 0 heterocycles. The summed E-state index contributed by atoms with van der Waals surface area (Å²) in [7, 11) is -1.92. The fourth-order valence-electron chi connectivity index (χ4n) is 2.32. The van der Waals surface area contributed by atoms with Gasteiger partial charge in [-0.15, -0.1) is 0 Å². The van der Waals surface area contributed by atoms with Gasteiger partial charge in [-0.1, -0.05) is 36.4 Å². The van der Waals surface area contributed by atoms with Crippen LogP contribution in [0, 0.1) is 0 Å². The fraction of sp³-hybridized carbons (Fsp3) is 0.278. The average molecular weight is 346 g/mol. The van der Waals surface area contributed by atoms with Crippen LogP contribution < -0.4 is 4.72 Å². The van der Waals surface area contributed by atoms with Gasteiger partial charge in [0.2, 0.25) is 10.0 Å². The Balaban J connectivity index is 2.20. The maximum absolute atomic E-state index is 12.6. The highest BCUT2D eigenvalue weighted by atomic mass is 32.2. The summed E-state index contributed by atoms with van der Waals surface area (Å²) in [5.41, 5.74) is 1.36. The third-order valence-corrected chi connectivity index (χ3v) is 5.05. The Hall–Kier alpha value is -2.18. The second-order valence-corrected chi connectivity index (χ2v) is 7.66. The predicted octanol–water partition coefficient (Wildman–Crippen LogP) is 2.65. The molecular weight excluding hydrogens is 324 g/mol. The number of nitrogens with zero attached hydrogens (tertiary/aromatic N) is 1. The molecule has 0 radical (unpaired) electrons. The number of benzene rings is 2. The first kappa shape index (κ1) is 18.2. The molecule has 0 bridgehead atoms. The van der Waals surface area contributed by atoms with Gasteiger partial charge in [-0.25, -0.2) is 13.1 Å². The van der Waals surface area contributed by atoms with E-state index in [1.165, 1.54) is 12.1 Å². The van der Waals surface area contributed by atoms with Crippen molar-refractivity contribution in [3.63, 3.8) is 0 Å². The van der Waals surface area contributed by atoms with Crippen LogP contribution in [0.3, 0.4) is 0 Å². The zero-order valence-electron chi connectivity index (χ0n) is 14.1. The van der Waals surface area contributed by atoms with E-state index in [1.807, 2.05) is 30.3 Å². The van der Waals surface area contributed by atoms with E-state index in [-0.39, 0.29) is 16.8 Å². The van der Waals surface area contributed by atoms with Crippen LogP contribution in [0.15, 0.2) is 59.5 Å². The summed E-state index contributed by atoms with van der Waals surface area (Å²) in [4.78, 5) is 14.2. The molecule has 24 heavy (non-hydrogen) atoms. The molecule has 0 aliphatic heterocycles. The molecule has 2 aromatic rings. The van der Waals surface area contributed by atoms with E-state index < -0.39 is 10.0 Å². The van der Waals surface area contributed by atoms with E-state index in [0.717, 1.165) is 5.56 Å². The largest absolute Gasteiger partial charge is 0.337 e. The molecule has 0 fully saturated rings. The summed E-state index contributed by atoms with van der Waals surface area (Å²) < 4.78 is 27.0. The number of hydrogen-bond donors (Lipinski definition) is 1. The first-order chi connectivity index (χ1) is 11.3. The van der Waals surface area contributed by atoms with Crippen LogP contribution in [0.5, 0.6) is 0 Å². The third kappa shape index (κ3) is 4.66. The van der Waals surface area contributed by atoms with Crippen molar-refractivity contribution in [3.05, 3.63) is 65.7 Å². The number of hydrogen-bond acceptors (Lipinski definition) is 3. The third-order valence-electron chi connectivity index (χ3n) is 3.39. The van der Waals surface area contributed by atoms with Crippen LogP contribution in [0.4, 0.5) is 0 Å². The first-order valence-electron chi connectivity index (χ1n) is 7.71. The van der Waals surface area contributed by atoms with E-state index in [4.69, 9.17) is 0 Å². The molecular formula is C18H22N2O3S. The van der Waals surface area contributed by atoms with Crippen LogP contribution in [0.1, 0.15) is 29.8 Å². The van der Waals surface area contributed by atoms with Gasteiger partial charge >= 0.3 is 0 Å². The van der Waals surface area contributed by atoms with Crippen molar-refractivity contribution < 1.29 is 13.2 Å². The molecule has 0 unspecified atom stereocenters. The minimum atomic E-state index is -3.62. The van der Waals surface area contributed by atoms with E-state index >= 15 is 0 Å². The molecule has 6 heteroatoms. The van der Waals surface area contributed by atoms with Gasteiger partial charge < -0.3 is 4.90 Å². The molecule has 0 saturated carbocycles. The summed E-state index contributed by atoms with van der Waals surface area (Å²) in [6.07, 6.45) is 0. The predicted molar refractivity (Wildman–Crippen MR) is 94.1 cm³/mol. The Labute approximate surface area is 143 Å². The molecule has 0 spiro atoms. The van der Waals surface area contributed by atoms with Crippen LogP contribution in [-0.4, -0.2) is 32.3 Å². The van der Waals surface area contributed by atoms with Crippen molar-refractivity contribution in [1.29, 1.82) is 0 Å². The number of amides is 1. The Morgan fingerprint density at radius 1 is 1.08 bits per heavy atom. The second-order valence-electron chi connectivity index (χ2n) is 5.95. The van der Waals surface area contributed by atoms with Crippen molar-refractivity contribution >= 4 is 15.9 Å². The highest BCUT2D eigenvalue weighted by Crippen LogP contribution is 2.14. The quantitative estimate of drug-likeness (QED) is 0.874. The van der Waals surface area contributed by atoms with Gasteiger partial charge in [0, 0.05) is 25.2 Å². The topological polar surface area (TPSA) is 66.5 Å². The van der Waals surface area contributed by atoms with Gasteiger partial charge in [0.25, 0.3) is 5.91 Å². The minimum Gasteiger partial charge on any atom is -0.337 e. The fourth-order valence-corrected chi connectivity index (χ4v) is 3.62. The molecule has 0 aromatic heterocycles. The summed E-state index contributed by atoms with van der Waals surface area (Å²) in [5.74, 6) is -0.222. The van der Waals surface area contributed by atoms with E-state index in [0.29, 0.717) is 12.1 Å². The number of carbonyl (C=O) groups excluding carboxylic acids is 1. The molecule has 0 atom stereocenters. The van der Waals surface area contributed by atoms with Crippen molar-refractivity contribution in [3.8, 4) is 0 Å². The average Bonchev–Trinajstić information content (AvgIpc) is 2.54. The highest BCUT2D eigenvalue weighted by molar-refractivity contribution is 7.89. The lowest BCUT2D eigenvalue weighted by Gasteiger charge is -2.18. The van der Waals surface area contributed by atoms with Gasteiger partial charge in [-0.2, -0.15) is 0 Å². The van der Waals surface area contributed by atoms with Gasteiger partial charge in [0.15, 0.2) is 0 Å². The summed E-state index contributed by atoms with van der Waals surface area (Å²) in [5, 5.41) is 0. The molecule has 5 nitrogen and oxygen atoms in total. The molecule has 128 valence electrons. The second kappa shape index (κ2) is 7.59. The Morgan fingerprint density at radius 3 is 2.38 bits per heavy atom. The smallest absolute Gasteiger partial charge is 0.253 e. The minimum absolute atomic E-state index is 0.0927. The lowest BCUT2D eigenvalue weighted by Crippen LogP contribution is -2.31. The Morgan fingerprint density at radius 2 is 1.75 bits per heavy atom. The van der Waals surface area contributed by atoms with Crippen molar-refractivity contribution in [2.24, 2.45) is 0 Å². The molecule has 0 aliphatic carbocycles. The lowest BCUT2D eigenvalue weighted by atomic mass is 10.1. The molecule has 1 N–H and O–H groups in total. The van der Waals surface area contributed by atoms with Gasteiger partial charge in [0.1, 0.15) is 0 Å². The van der Waals surface area contributed by atoms with Crippen LogP contribution >= 0.6 is 0 Å². The molecule has 2 rings (SSSR count). The molecule has 0 aliphatic rings. The highest BCUT2D eigenvalue weighted by Gasteiger charge is 2.18. The zero-order valence-corrected chi connectivity index (χ0v) is 14.9. The summed E-state index contributed by atoms with van der Waals surface area (Å²) in [6.45, 7) is 3.96. The number of carbonyl (C=O) groups is 1. The van der Waals surface area contributed by atoms with Gasteiger partial charge in [-0.3, -0.25) is 4.79 Å². The number of rotatable bonds is 6. The maximum atomic E-state index is 12.6. The summed E-state index contributed by atoms with van der Waals surface area (Å²) >= 11 is 0. The van der Waals surface area contributed by atoms with E-state index in [9.17, 15) is 13.2 Å².